The van der Waals surface area contributed by atoms with Gasteiger partial charge >= 0.3 is 33.3 Å². The SMILES string of the molecule is [Cl][Fe+][Cl].c1ccc(P([CH-]CP(c2ccccc2)c2ccccc2)c2ccccc2)cc1. The fourth-order valence-electron chi connectivity index (χ4n) is 3.28. The topological polar surface area (TPSA) is 0 Å². The summed E-state index contributed by atoms with van der Waals surface area (Å²) in [6.45, 7) is 0. The van der Waals surface area contributed by atoms with Crippen molar-refractivity contribution in [1.82, 2.24) is 0 Å². The van der Waals surface area contributed by atoms with Crippen molar-refractivity contribution in [3.05, 3.63) is 127 Å². The molecule has 0 nitrogen and oxygen atoms in total. The Kier molecular flexibility index (Phi) is 11.1. The van der Waals surface area contributed by atoms with Gasteiger partial charge in [-0.2, -0.15) is 0 Å². The molecule has 0 radical (unpaired) electrons. The molecule has 0 fully saturated rings. The largest absolute Gasteiger partial charge is 0.289 e. The van der Waals surface area contributed by atoms with E-state index in [1.165, 1.54) is 21.2 Å². The second-order valence-corrected chi connectivity index (χ2v) is 12.8. The van der Waals surface area contributed by atoms with E-state index in [0.717, 1.165) is 6.16 Å². The first-order valence-corrected chi connectivity index (χ1v) is 15.8. The Morgan fingerprint density at radius 3 is 1.13 bits per heavy atom. The van der Waals surface area contributed by atoms with E-state index in [1.54, 1.807) is 0 Å². The van der Waals surface area contributed by atoms with Gasteiger partial charge in [-0.25, -0.2) is 7.92 Å². The smallest absolute Gasteiger partial charge is 0.0220 e. The Bertz CT molecular complexity index is 825. The third kappa shape index (κ3) is 7.73. The molecule has 0 amide bonds. The summed E-state index contributed by atoms with van der Waals surface area (Å²) < 4.78 is 0. The average molecular weight is 524 g/mol. The molecule has 0 aromatic heterocycles. The maximum atomic E-state index is 4.76. The Morgan fingerprint density at radius 1 is 0.516 bits per heavy atom. The van der Waals surface area contributed by atoms with E-state index in [9.17, 15) is 0 Å². The number of hydrogen-bond acceptors (Lipinski definition) is 0. The zero-order chi connectivity index (χ0) is 21.7. The molecule has 0 N–H and O–H groups in total. The molecule has 159 valence electrons. The van der Waals surface area contributed by atoms with Gasteiger partial charge < -0.3 is 0 Å². The van der Waals surface area contributed by atoms with E-state index in [-0.39, 0.29) is 13.1 Å². The number of halogens is 2. The molecule has 0 spiro atoms. The predicted molar refractivity (Wildman–Crippen MR) is 139 cm³/mol. The average Bonchev–Trinajstić information content (AvgIpc) is 2.85. The van der Waals surface area contributed by atoms with Crippen molar-refractivity contribution in [2.24, 2.45) is 0 Å². The maximum absolute atomic E-state index is 4.76. The van der Waals surface area contributed by atoms with Crippen molar-refractivity contribution < 1.29 is 13.1 Å². The van der Waals surface area contributed by atoms with Gasteiger partial charge in [0.05, 0.1) is 0 Å². The summed E-state index contributed by atoms with van der Waals surface area (Å²) in [5, 5.41) is 5.71. The van der Waals surface area contributed by atoms with E-state index in [1.807, 2.05) is 0 Å². The zero-order valence-corrected chi connectivity index (χ0v) is 21.2. The fraction of sp³-hybridized carbons (Fsp3) is 0.0385. The molecule has 4 rings (SSSR count). The molecule has 4 aromatic carbocycles. The van der Waals surface area contributed by atoms with E-state index in [2.05, 4.69) is 127 Å². The van der Waals surface area contributed by atoms with Crippen LogP contribution in [-0.4, -0.2) is 6.16 Å². The van der Waals surface area contributed by atoms with Crippen molar-refractivity contribution in [1.29, 1.82) is 0 Å². The first-order valence-electron chi connectivity index (χ1n) is 9.79. The fourth-order valence-corrected chi connectivity index (χ4v) is 8.07. The van der Waals surface area contributed by atoms with Gasteiger partial charge in [0.15, 0.2) is 0 Å². The van der Waals surface area contributed by atoms with Crippen LogP contribution in [0, 0.1) is 6.16 Å². The summed E-state index contributed by atoms with van der Waals surface area (Å²) in [6, 6.07) is 43.8. The first kappa shape index (κ1) is 24.5. The molecule has 4 aromatic rings. The van der Waals surface area contributed by atoms with Crippen molar-refractivity contribution in [3.8, 4) is 0 Å². The van der Waals surface area contributed by atoms with Crippen LogP contribution in [0.4, 0.5) is 0 Å². The first-order chi connectivity index (χ1) is 15.3. The Hall–Kier alpha value is -1.16. The molecular weight excluding hydrogens is 501 g/mol. The third-order valence-electron chi connectivity index (χ3n) is 4.65. The Balaban J connectivity index is 0.000000858. The molecule has 0 aliphatic rings. The van der Waals surface area contributed by atoms with Gasteiger partial charge in [0.2, 0.25) is 0 Å². The van der Waals surface area contributed by atoms with Crippen LogP contribution >= 0.6 is 36.0 Å². The molecule has 0 aliphatic carbocycles. The normalized spacial score (nSPS) is 10.6. The van der Waals surface area contributed by atoms with Crippen LogP contribution in [0.25, 0.3) is 0 Å². The molecule has 31 heavy (non-hydrogen) atoms. The van der Waals surface area contributed by atoms with Crippen LogP contribution in [0.15, 0.2) is 121 Å². The standard InChI is InChI=1S/C26H23P2.2ClH.Fe/c1-5-13-23(14-6-1)27(24-15-7-2-8-16-24)21-22-28(25-17-9-3-10-18-25)26-19-11-4-12-20-26;;;/h1-21H,22H2;2*1H;/q-1;;;+3/p-2. The third-order valence-corrected chi connectivity index (χ3v) is 9.59. The molecular formula is C26H23Cl2FeP2. The van der Waals surface area contributed by atoms with E-state index in [0.29, 0.717) is 0 Å². The van der Waals surface area contributed by atoms with Crippen molar-refractivity contribution in [3.63, 3.8) is 0 Å². The summed E-state index contributed by atoms with van der Waals surface area (Å²) >= 11 is 0.194. The number of hydrogen-bond donors (Lipinski definition) is 0. The Morgan fingerprint density at radius 2 is 0.806 bits per heavy atom. The zero-order valence-electron chi connectivity index (χ0n) is 16.8. The van der Waals surface area contributed by atoms with Crippen molar-refractivity contribution >= 4 is 57.3 Å². The second kappa shape index (κ2) is 14.1. The van der Waals surface area contributed by atoms with Crippen molar-refractivity contribution in [2.45, 2.75) is 0 Å². The molecule has 5 heteroatoms. The summed E-state index contributed by atoms with van der Waals surface area (Å²) in [5.41, 5.74) is 0. The number of rotatable bonds is 7. The van der Waals surface area contributed by atoms with Gasteiger partial charge in [-0.15, -0.1) is 6.16 Å². The van der Waals surface area contributed by atoms with Crippen LogP contribution in [0.3, 0.4) is 0 Å². The maximum Gasteiger partial charge on any atom is -0.0220 e. The molecule has 0 saturated carbocycles. The van der Waals surface area contributed by atoms with Gasteiger partial charge in [-0.3, -0.25) is 6.16 Å². The number of benzene rings is 4. The summed E-state index contributed by atoms with van der Waals surface area (Å²) in [7, 11) is 8.65. The molecule has 0 bridgehead atoms. The second-order valence-electron chi connectivity index (χ2n) is 6.56. The summed E-state index contributed by atoms with van der Waals surface area (Å²) in [4.78, 5) is 0. The van der Waals surface area contributed by atoms with Crippen LogP contribution in [-0.2, 0) is 13.1 Å². The summed E-state index contributed by atoms with van der Waals surface area (Å²) in [6.07, 6.45) is 3.66. The van der Waals surface area contributed by atoms with Gasteiger partial charge in [0.25, 0.3) is 0 Å². The summed E-state index contributed by atoms with van der Waals surface area (Å²) in [5.74, 6) is 0. The van der Waals surface area contributed by atoms with E-state index >= 15 is 0 Å². The van der Waals surface area contributed by atoms with E-state index in [4.69, 9.17) is 20.2 Å². The molecule has 0 aliphatic heterocycles. The minimum Gasteiger partial charge on any atom is -0.289 e. The monoisotopic (exact) mass is 523 g/mol. The van der Waals surface area contributed by atoms with Gasteiger partial charge in [-0.1, -0.05) is 140 Å². The van der Waals surface area contributed by atoms with Crippen molar-refractivity contribution in [2.75, 3.05) is 6.16 Å². The molecule has 0 unspecified atom stereocenters. The minimum absolute atomic E-state index is 0.194. The molecule has 0 saturated heterocycles. The van der Waals surface area contributed by atoms with E-state index < -0.39 is 15.8 Å². The Labute approximate surface area is 203 Å². The predicted octanol–water partition coefficient (Wildman–Crippen LogP) is 6.79. The minimum atomic E-state index is -0.473. The van der Waals surface area contributed by atoms with Gasteiger partial charge in [0.1, 0.15) is 0 Å². The van der Waals surface area contributed by atoms with Crippen LogP contribution in [0.5, 0.6) is 0 Å². The molecule has 0 atom stereocenters. The van der Waals surface area contributed by atoms with Crippen LogP contribution in [0.1, 0.15) is 0 Å². The van der Waals surface area contributed by atoms with Gasteiger partial charge in [-0.05, 0) is 10.6 Å². The van der Waals surface area contributed by atoms with Crippen LogP contribution < -0.4 is 21.2 Å². The van der Waals surface area contributed by atoms with Crippen LogP contribution in [0.2, 0.25) is 0 Å². The van der Waals surface area contributed by atoms with Gasteiger partial charge in [0, 0.05) is 0 Å². The molecule has 0 heterocycles. The quantitative estimate of drug-likeness (QED) is 0.142.